The lowest BCUT2D eigenvalue weighted by Gasteiger charge is -2.09. The molecular weight excluding hydrogens is 246 g/mol. The molecule has 3 N–H and O–H groups in total. The highest BCUT2D eigenvalue weighted by Gasteiger charge is 2.08. The van der Waals surface area contributed by atoms with Crippen LogP contribution in [0.4, 0.5) is 5.69 Å². The van der Waals surface area contributed by atoms with Gasteiger partial charge in [0.1, 0.15) is 0 Å². The Balaban J connectivity index is 2.90. The van der Waals surface area contributed by atoms with Crippen LogP contribution < -0.4 is 5.73 Å². The van der Waals surface area contributed by atoms with Gasteiger partial charge in [-0.1, -0.05) is 6.07 Å². The van der Waals surface area contributed by atoms with E-state index >= 15 is 0 Å². The quantitative estimate of drug-likeness (QED) is 0.358. The first-order valence-corrected chi connectivity index (χ1v) is 5.86. The SMILES string of the molecule is Nc1c(S)cc(SO)c2ccc(S)cc12. The van der Waals surface area contributed by atoms with E-state index in [-0.39, 0.29) is 0 Å². The van der Waals surface area contributed by atoms with Gasteiger partial charge in [0.2, 0.25) is 0 Å². The molecule has 0 aliphatic carbocycles. The van der Waals surface area contributed by atoms with Gasteiger partial charge in [-0.15, -0.1) is 25.3 Å². The van der Waals surface area contributed by atoms with Crippen molar-refractivity contribution < 1.29 is 4.55 Å². The van der Waals surface area contributed by atoms with Gasteiger partial charge < -0.3 is 10.3 Å². The van der Waals surface area contributed by atoms with E-state index in [1.807, 2.05) is 18.2 Å². The Labute approximate surface area is 103 Å². The number of fused-ring (bicyclic) bond motifs is 1. The van der Waals surface area contributed by atoms with Crippen molar-refractivity contribution in [2.24, 2.45) is 0 Å². The molecule has 0 heterocycles. The molecule has 78 valence electrons. The minimum Gasteiger partial charge on any atom is -0.397 e. The molecule has 0 aromatic heterocycles. The summed E-state index contributed by atoms with van der Waals surface area (Å²) in [7, 11) is 0. The Bertz CT molecular complexity index is 528. The van der Waals surface area contributed by atoms with Crippen LogP contribution in [-0.2, 0) is 0 Å². The largest absolute Gasteiger partial charge is 0.397 e. The van der Waals surface area contributed by atoms with Gasteiger partial charge in [0.25, 0.3) is 0 Å². The standard InChI is InChI=1S/C10H9NOS3/c11-10-7-3-5(13)1-2-6(7)9(15-12)4-8(10)14/h1-4,12-14H,11H2. The summed E-state index contributed by atoms with van der Waals surface area (Å²) in [5, 5.41) is 1.78. The molecule has 0 atom stereocenters. The first-order chi connectivity index (χ1) is 7.13. The first-order valence-electron chi connectivity index (χ1n) is 4.19. The van der Waals surface area contributed by atoms with E-state index in [4.69, 9.17) is 10.3 Å². The topological polar surface area (TPSA) is 46.2 Å². The van der Waals surface area contributed by atoms with Crippen molar-refractivity contribution in [2.75, 3.05) is 5.73 Å². The molecule has 0 saturated heterocycles. The maximum atomic E-state index is 9.14. The summed E-state index contributed by atoms with van der Waals surface area (Å²) < 4.78 is 9.14. The molecule has 2 aromatic rings. The summed E-state index contributed by atoms with van der Waals surface area (Å²) in [5.74, 6) is 0. The highest BCUT2D eigenvalue weighted by Crippen LogP contribution is 2.35. The van der Waals surface area contributed by atoms with Crippen LogP contribution in [0, 0.1) is 0 Å². The summed E-state index contributed by atoms with van der Waals surface area (Å²) >= 11 is 9.21. The highest BCUT2D eigenvalue weighted by molar-refractivity contribution is 7.94. The van der Waals surface area contributed by atoms with E-state index in [0.29, 0.717) is 22.6 Å². The normalized spacial score (nSPS) is 10.9. The number of nitrogen functional groups attached to an aromatic ring is 1. The van der Waals surface area contributed by atoms with E-state index in [1.54, 1.807) is 6.07 Å². The predicted molar refractivity (Wildman–Crippen MR) is 71.4 cm³/mol. The third-order valence-electron chi connectivity index (χ3n) is 2.20. The van der Waals surface area contributed by atoms with Gasteiger partial charge in [0, 0.05) is 32.1 Å². The van der Waals surface area contributed by atoms with Crippen LogP contribution in [-0.4, -0.2) is 4.55 Å². The molecule has 0 saturated carbocycles. The molecule has 0 amide bonds. The van der Waals surface area contributed by atoms with Gasteiger partial charge in [0.05, 0.1) is 5.69 Å². The number of thiol groups is 2. The Hall–Kier alpha value is -0.490. The molecule has 0 spiro atoms. The molecule has 5 heteroatoms. The summed E-state index contributed by atoms with van der Waals surface area (Å²) in [6.45, 7) is 0. The lowest BCUT2D eigenvalue weighted by Crippen LogP contribution is -1.91. The molecule has 0 bridgehead atoms. The van der Waals surface area contributed by atoms with Crippen molar-refractivity contribution in [3.05, 3.63) is 24.3 Å². The van der Waals surface area contributed by atoms with E-state index in [0.717, 1.165) is 20.6 Å². The molecule has 0 radical (unpaired) electrons. The Morgan fingerprint density at radius 3 is 2.53 bits per heavy atom. The molecule has 0 aliphatic rings. The minimum atomic E-state index is 0.613. The van der Waals surface area contributed by atoms with E-state index < -0.39 is 0 Å². The van der Waals surface area contributed by atoms with Crippen molar-refractivity contribution in [2.45, 2.75) is 14.7 Å². The average Bonchev–Trinajstić information content (AvgIpc) is 2.23. The van der Waals surface area contributed by atoms with Gasteiger partial charge in [-0.05, 0) is 23.6 Å². The zero-order chi connectivity index (χ0) is 11.0. The third-order valence-corrected chi connectivity index (χ3v) is 3.38. The third kappa shape index (κ3) is 1.92. The van der Waals surface area contributed by atoms with Gasteiger partial charge in [0.15, 0.2) is 0 Å². The number of benzene rings is 2. The Morgan fingerprint density at radius 2 is 1.87 bits per heavy atom. The molecule has 0 unspecified atom stereocenters. The molecule has 2 nitrogen and oxygen atoms in total. The van der Waals surface area contributed by atoms with Crippen LogP contribution in [0.5, 0.6) is 0 Å². The zero-order valence-corrected chi connectivity index (χ0v) is 10.2. The van der Waals surface area contributed by atoms with Crippen LogP contribution in [0.3, 0.4) is 0 Å². The second kappa shape index (κ2) is 4.17. The molecule has 2 rings (SSSR count). The van der Waals surface area contributed by atoms with Gasteiger partial charge in [-0.2, -0.15) is 0 Å². The van der Waals surface area contributed by atoms with Crippen LogP contribution in [0.15, 0.2) is 39.0 Å². The van der Waals surface area contributed by atoms with Crippen LogP contribution >= 0.6 is 37.3 Å². The van der Waals surface area contributed by atoms with Crippen LogP contribution in [0.25, 0.3) is 10.8 Å². The molecule has 0 aliphatic heterocycles. The fraction of sp³-hybridized carbons (Fsp3) is 0. The monoisotopic (exact) mass is 255 g/mol. The lowest BCUT2D eigenvalue weighted by molar-refractivity contribution is 0.664. The number of nitrogens with two attached hydrogens (primary N) is 1. The van der Waals surface area contributed by atoms with E-state index in [1.165, 1.54) is 0 Å². The second-order valence-electron chi connectivity index (χ2n) is 3.13. The van der Waals surface area contributed by atoms with Crippen molar-refractivity contribution in [3.63, 3.8) is 0 Å². The number of hydrogen-bond donors (Lipinski definition) is 4. The summed E-state index contributed by atoms with van der Waals surface area (Å²) in [6.07, 6.45) is 0. The maximum absolute atomic E-state index is 9.14. The molecule has 15 heavy (non-hydrogen) atoms. The zero-order valence-electron chi connectivity index (χ0n) is 7.64. The van der Waals surface area contributed by atoms with Gasteiger partial charge in [-0.25, -0.2) is 0 Å². The fourth-order valence-electron chi connectivity index (χ4n) is 1.46. The second-order valence-corrected chi connectivity index (χ2v) is 4.75. The average molecular weight is 255 g/mol. The van der Waals surface area contributed by atoms with Crippen LogP contribution in [0.2, 0.25) is 0 Å². The first kappa shape index (κ1) is 11.0. The van der Waals surface area contributed by atoms with Crippen molar-refractivity contribution >= 4 is 53.8 Å². The van der Waals surface area contributed by atoms with Crippen molar-refractivity contribution in [3.8, 4) is 0 Å². The predicted octanol–water partition coefficient (Wildman–Crippen LogP) is 3.56. The van der Waals surface area contributed by atoms with E-state index in [2.05, 4.69) is 25.3 Å². The van der Waals surface area contributed by atoms with E-state index in [9.17, 15) is 0 Å². The molecule has 2 aromatic carbocycles. The maximum Gasteiger partial charge on any atom is 0.0530 e. The summed E-state index contributed by atoms with van der Waals surface area (Å²) in [6, 6.07) is 7.37. The van der Waals surface area contributed by atoms with Crippen molar-refractivity contribution in [1.29, 1.82) is 0 Å². The Kier molecular flexibility index (Phi) is 3.06. The van der Waals surface area contributed by atoms with Gasteiger partial charge >= 0.3 is 0 Å². The smallest absolute Gasteiger partial charge is 0.0530 e. The molecular formula is C10H9NOS3. The fourth-order valence-corrected chi connectivity index (χ4v) is 2.45. The summed E-state index contributed by atoms with van der Waals surface area (Å²) in [4.78, 5) is 2.25. The van der Waals surface area contributed by atoms with Gasteiger partial charge in [-0.3, -0.25) is 0 Å². The summed E-state index contributed by atoms with van der Waals surface area (Å²) in [5.41, 5.74) is 6.52. The minimum absolute atomic E-state index is 0.613. The molecule has 0 fully saturated rings. The number of hydrogen-bond acceptors (Lipinski definition) is 5. The van der Waals surface area contributed by atoms with Crippen LogP contribution in [0.1, 0.15) is 0 Å². The van der Waals surface area contributed by atoms with Crippen molar-refractivity contribution in [1.82, 2.24) is 0 Å². The highest BCUT2D eigenvalue weighted by atomic mass is 32.2. The number of rotatable bonds is 1. The lowest BCUT2D eigenvalue weighted by atomic mass is 10.1. The Morgan fingerprint density at radius 1 is 1.13 bits per heavy atom. The number of anilines is 1.